The first kappa shape index (κ1) is 20.5. The second-order valence-corrected chi connectivity index (χ2v) is 7.89. The van der Waals surface area contributed by atoms with Crippen LogP contribution in [0.1, 0.15) is 43.5 Å². The summed E-state index contributed by atoms with van der Waals surface area (Å²) in [6.45, 7) is 7.08. The van der Waals surface area contributed by atoms with E-state index < -0.39 is 6.04 Å². The molecule has 0 saturated carbocycles. The number of ether oxygens (including phenoxy) is 2. The lowest BCUT2D eigenvalue weighted by molar-refractivity contribution is -0.128. The molecule has 1 unspecified atom stereocenters. The van der Waals surface area contributed by atoms with Gasteiger partial charge in [0, 0.05) is 38.3 Å². The van der Waals surface area contributed by atoms with Crippen LogP contribution in [0.4, 0.5) is 0 Å². The number of hydrogen-bond acceptors (Lipinski definition) is 5. The van der Waals surface area contributed by atoms with E-state index in [0.29, 0.717) is 36.1 Å². The van der Waals surface area contributed by atoms with Crippen molar-refractivity contribution in [3.05, 3.63) is 23.8 Å². The Hall–Kier alpha value is -2.28. The lowest BCUT2D eigenvalue weighted by atomic mass is 10.1. The maximum absolute atomic E-state index is 12.6. The third-order valence-corrected chi connectivity index (χ3v) is 5.66. The van der Waals surface area contributed by atoms with Crippen molar-refractivity contribution in [3.63, 3.8) is 0 Å². The number of amides is 2. The smallest absolute Gasteiger partial charge is 0.252 e. The molecule has 1 N–H and O–H groups in total. The zero-order valence-corrected chi connectivity index (χ0v) is 17.2. The highest BCUT2D eigenvalue weighted by Gasteiger charge is 2.30. The van der Waals surface area contributed by atoms with Gasteiger partial charge < -0.3 is 24.6 Å². The molecule has 7 nitrogen and oxygen atoms in total. The molecular weight excluding hydrogens is 358 g/mol. The minimum Gasteiger partial charge on any atom is -0.493 e. The van der Waals surface area contributed by atoms with Crippen LogP contribution in [0.15, 0.2) is 18.2 Å². The number of carbonyl (C=O) groups excluding carboxylic acids is 2. The Balaban J connectivity index is 1.66. The number of hydrogen-bond donors (Lipinski definition) is 1. The Labute approximate surface area is 167 Å². The highest BCUT2D eigenvalue weighted by molar-refractivity contribution is 5.98. The number of likely N-dealkylation sites (tertiary alicyclic amines) is 2. The standard InChI is InChI=1S/C21H31N3O4/c1-14(2)24-11-7-16(8-12-24)28-19-13-15(5-6-18(19)27-4)20(25)22-17-9-10-23(3)21(17)26/h5-6,13-14,16-17H,7-12H2,1-4H3,(H,22,25). The SMILES string of the molecule is COc1ccc(C(=O)NC2CCN(C)C2=O)cc1OC1CCN(C(C)C)CC1. The van der Waals surface area contributed by atoms with E-state index in [4.69, 9.17) is 9.47 Å². The molecule has 2 aliphatic heterocycles. The number of carbonyl (C=O) groups is 2. The molecule has 1 atom stereocenters. The van der Waals surface area contributed by atoms with Crippen LogP contribution >= 0.6 is 0 Å². The third-order valence-electron chi connectivity index (χ3n) is 5.66. The lowest BCUT2D eigenvalue weighted by Crippen LogP contribution is -2.42. The van der Waals surface area contributed by atoms with E-state index in [-0.39, 0.29) is 17.9 Å². The van der Waals surface area contributed by atoms with E-state index in [1.54, 1.807) is 37.3 Å². The fourth-order valence-corrected chi connectivity index (χ4v) is 3.80. The van der Waals surface area contributed by atoms with Gasteiger partial charge >= 0.3 is 0 Å². The molecule has 0 aliphatic carbocycles. The minimum absolute atomic E-state index is 0.0461. The average Bonchev–Trinajstić information content (AvgIpc) is 3.00. The molecule has 0 radical (unpaired) electrons. The van der Waals surface area contributed by atoms with Gasteiger partial charge in [0.1, 0.15) is 12.1 Å². The number of rotatable bonds is 6. The minimum atomic E-state index is -0.454. The van der Waals surface area contributed by atoms with E-state index in [1.807, 2.05) is 0 Å². The number of piperidine rings is 1. The van der Waals surface area contributed by atoms with Crippen molar-refractivity contribution in [1.29, 1.82) is 0 Å². The van der Waals surface area contributed by atoms with Gasteiger partial charge in [0.2, 0.25) is 5.91 Å². The fraction of sp³-hybridized carbons (Fsp3) is 0.619. The van der Waals surface area contributed by atoms with Crippen molar-refractivity contribution in [2.75, 3.05) is 33.8 Å². The quantitative estimate of drug-likeness (QED) is 0.805. The predicted octanol–water partition coefficient (Wildman–Crippen LogP) is 1.91. The molecule has 1 aromatic carbocycles. The maximum Gasteiger partial charge on any atom is 0.252 e. The van der Waals surface area contributed by atoms with Crippen LogP contribution in [0, 0.1) is 0 Å². The molecule has 0 spiro atoms. The molecule has 0 bridgehead atoms. The molecule has 0 aromatic heterocycles. The molecule has 2 heterocycles. The molecule has 2 saturated heterocycles. The van der Waals surface area contributed by atoms with Crippen molar-refractivity contribution in [3.8, 4) is 11.5 Å². The van der Waals surface area contributed by atoms with Crippen LogP contribution < -0.4 is 14.8 Å². The van der Waals surface area contributed by atoms with E-state index >= 15 is 0 Å². The van der Waals surface area contributed by atoms with Crippen molar-refractivity contribution in [2.24, 2.45) is 0 Å². The Morgan fingerprint density at radius 3 is 2.43 bits per heavy atom. The van der Waals surface area contributed by atoms with Gasteiger partial charge in [-0.3, -0.25) is 9.59 Å². The first-order valence-corrected chi connectivity index (χ1v) is 10.0. The zero-order valence-electron chi connectivity index (χ0n) is 17.2. The first-order valence-electron chi connectivity index (χ1n) is 10.0. The number of benzene rings is 1. The Morgan fingerprint density at radius 1 is 1.14 bits per heavy atom. The Bertz CT molecular complexity index is 714. The molecule has 3 rings (SSSR count). The monoisotopic (exact) mass is 389 g/mol. The maximum atomic E-state index is 12.6. The third kappa shape index (κ3) is 4.58. The van der Waals surface area contributed by atoms with Gasteiger partial charge in [0.05, 0.1) is 7.11 Å². The van der Waals surface area contributed by atoms with Crippen LogP contribution in [-0.4, -0.2) is 73.6 Å². The van der Waals surface area contributed by atoms with E-state index in [1.165, 1.54) is 0 Å². The average molecular weight is 389 g/mol. The molecule has 1 aromatic rings. The summed E-state index contributed by atoms with van der Waals surface area (Å²) in [4.78, 5) is 28.7. The molecule has 2 aliphatic rings. The molecule has 154 valence electrons. The summed E-state index contributed by atoms with van der Waals surface area (Å²) in [5, 5.41) is 2.83. The molecular formula is C21H31N3O4. The summed E-state index contributed by atoms with van der Waals surface area (Å²) >= 11 is 0. The van der Waals surface area contributed by atoms with E-state index in [9.17, 15) is 9.59 Å². The zero-order chi connectivity index (χ0) is 20.3. The van der Waals surface area contributed by atoms with Crippen LogP contribution in [0.25, 0.3) is 0 Å². The van der Waals surface area contributed by atoms with Gasteiger partial charge in [-0.2, -0.15) is 0 Å². The van der Waals surface area contributed by atoms with Crippen LogP contribution in [0.3, 0.4) is 0 Å². The van der Waals surface area contributed by atoms with Crippen LogP contribution in [0.2, 0.25) is 0 Å². The summed E-state index contributed by atoms with van der Waals surface area (Å²) in [5.74, 6) is 0.874. The number of methoxy groups -OCH3 is 1. The van der Waals surface area contributed by atoms with Crippen molar-refractivity contribution in [2.45, 2.75) is 51.3 Å². The number of likely N-dealkylation sites (N-methyl/N-ethyl adjacent to an activating group) is 1. The normalized spacial score (nSPS) is 21.2. The number of nitrogens with zero attached hydrogens (tertiary/aromatic N) is 2. The van der Waals surface area contributed by atoms with Gasteiger partial charge in [-0.25, -0.2) is 0 Å². The lowest BCUT2D eigenvalue weighted by Gasteiger charge is -2.34. The van der Waals surface area contributed by atoms with Gasteiger partial charge in [-0.15, -0.1) is 0 Å². The van der Waals surface area contributed by atoms with Gasteiger partial charge in [0.25, 0.3) is 5.91 Å². The van der Waals surface area contributed by atoms with E-state index in [2.05, 4.69) is 24.1 Å². The van der Waals surface area contributed by atoms with Crippen molar-refractivity contribution < 1.29 is 19.1 Å². The van der Waals surface area contributed by atoms with Crippen molar-refractivity contribution >= 4 is 11.8 Å². The predicted molar refractivity (Wildman–Crippen MR) is 107 cm³/mol. The van der Waals surface area contributed by atoms with Gasteiger partial charge in [0.15, 0.2) is 11.5 Å². The first-order chi connectivity index (χ1) is 13.4. The Kier molecular flexibility index (Phi) is 6.44. The molecule has 2 fully saturated rings. The topological polar surface area (TPSA) is 71.1 Å². The summed E-state index contributed by atoms with van der Waals surface area (Å²) in [6.07, 6.45) is 2.63. The second-order valence-electron chi connectivity index (χ2n) is 7.89. The molecule has 28 heavy (non-hydrogen) atoms. The van der Waals surface area contributed by atoms with Crippen molar-refractivity contribution in [1.82, 2.24) is 15.1 Å². The summed E-state index contributed by atoms with van der Waals surface area (Å²) in [5.41, 5.74) is 0.470. The van der Waals surface area contributed by atoms with Crippen LogP contribution in [0.5, 0.6) is 11.5 Å². The van der Waals surface area contributed by atoms with Gasteiger partial charge in [-0.1, -0.05) is 0 Å². The van der Waals surface area contributed by atoms with Gasteiger partial charge in [-0.05, 0) is 51.3 Å². The Morgan fingerprint density at radius 2 is 1.86 bits per heavy atom. The highest BCUT2D eigenvalue weighted by atomic mass is 16.5. The molecule has 2 amide bonds. The fourth-order valence-electron chi connectivity index (χ4n) is 3.80. The largest absolute Gasteiger partial charge is 0.493 e. The summed E-state index contributed by atoms with van der Waals surface area (Å²) in [6, 6.07) is 5.25. The summed E-state index contributed by atoms with van der Waals surface area (Å²) in [7, 11) is 3.34. The highest BCUT2D eigenvalue weighted by Crippen LogP contribution is 2.31. The molecule has 7 heteroatoms. The summed E-state index contributed by atoms with van der Waals surface area (Å²) < 4.78 is 11.6. The second kappa shape index (κ2) is 8.82. The van der Waals surface area contributed by atoms with Crippen LogP contribution in [-0.2, 0) is 4.79 Å². The number of nitrogens with one attached hydrogen (secondary N) is 1. The van der Waals surface area contributed by atoms with E-state index in [0.717, 1.165) is 25.9 Å².